The Kier molecular flexibility index (Phi) is 2.56. The van der Waals surface area contributed by atoms with Crippen LogP contribution in [-0.2, 0) is 15.6 Å². The predicted octanol–water partition coefficient (Wildman–Crippen LogP) is 1.64. The van der Waals surface area contributed by atoms with Gasteiger partial charge in [-0.05, 0) is 28.1 Å². The molecule has 2 heterocycles. The van der Waals surface area contributed by atoms with Crippen LogP contribution in [0, 0.1) is 0 Å². The van der Waals surface area contributed by atoms with Crippen molar-refractivity contribution in [1.82, 2.24) is 9.38 Å². The number of aromatic nitrogens is 2. The molecule has 2 rings (SSSR count). The van der Waals surface area contributed by atoms with Crippen molar-refractivity contribution >= 4 is 31.3 Å². The minimum absolute atomic E-state index is 0.0356. The van der Waals surface area contributed by atoms with E-state index in [-0.39, 0.29) is 5.75 Å². The molecule has 0 aliphatic heterocycles. The van der Waals surface area contributed by atoms with Crippen molar-refractivity contribution in [3.8, 4) is 0 Å². The Morgan fingerprint density at radius 2 is 2.20 bits per heavy atom. The third kappa shape index (κ3) is 2.21. The zero-order valence-corrected chi connectivity index (χ0v) is 10.4. The maximum Gasteiger partial charge on any atom is 0.182 e. The average molecular weight is 289 g/mol. The highest BCUT2D eigenvalue weighted by atomic mass is 79.9. The number of hydrogen-bond acceptors (Lipinski definition) is 3. The van der Waals surface area contributed by atoms with Gasteiger partial charge < -0.3 is 0 Å². The summed E-state index contributed by atoms with van der Waals surface area (Å²) in [4.78, 5) is 4.18. The van der Waals surface area contributed by atoms with Crippen LogP contribution in [0.5, 0.6) is 0 Å². The Hall–Kier alpha value is -0.880. The number of fused-ring (bicyclic) bond motifs is 1. The zero-order chi connectivity index (χ0) is 11.1. The van der Waals surface area contributed by atoms with Crippen LogP contribution < -0.4 is 0 Å². The van der Waals surface area contributed by atoms with E-state index in [9.17, 15) is 8.42 Å². The van der Waals surface area contributed by atoms with Gasteiger partial charge in [-0.1, -0.05) is 6.07 Å². The molecule has 2 aromatic heterocycles. The van der Waals surface area contributed by atoms with E-state index in [2.05, 4.69) is 20.9 Å². The van der Waals surface area contributed by atoms with Gasteiger partial charge in [0.05, 0.1) is 17.0 Å². The molecule has 0 aromatic carbocycles. The van der Waals surface area contributed by atoms with E-state index in [1.807, 2.05) is 24.4 Å². The van der Waals surface area contributed by atoms with Crippen LogP contribution >= 0.6 is 15.9 Å². The number of pyridine rings is 1. The lowest BCUT2D eigenvalue weighted by Crippen LogP contribution is -2.01. The predicted molar refractivity (Wildman–Crippen MR) is 61.4 cm³/mol. The second-order valence-corrected chi connectivity index (χ2v) is 6.20. The monoisotopic (exact) mass is 288 g/mol. The molecular formula is C9H9BrN2O2S. The molecule has 0 unspecified atom stereocenters. The van der Waals surface area contributed by atoms with Crippen molar-refractivity contribution in [2.75, 3.05) is 6.26 Å². The van der Waals surface area contributed by atoms with Crippen LogP contribution in [0.1, 0.15) is 5.69 Å². The standard InChI is InChI=1S/C9H9BrN2O2S/c1-15(13,14)6-7-8-4-2-3-5-12(8)9(10)11-7/h2-5H,6H2,1H3. The third-order valence-corrected chi connectivity index (χ3v) is 3.34. The fraction of sp³-hybridized carbons (Fsp3) is 0.222. The van der Waals surface area contributed by atoms with Gasteiger partial charge >= 0.3 is 0 Å². The molecule has 0 aliphatic rings. The molecule has 0 fully saturated rings. The second kappa shape index (κ2) is 3.61. The van der Waals surface area contributed by atoms with E-state index >= 15 is 0 Å². The van der Waals surface area contributed by atoms with E-state index in [1.54, 1.807) is 4.40 Å². The van der Waals surface area contributed by atoms with Gasteiger partial charge in [0.2, 0.25) is 0 Å². The Labute approximate surface area is 96.0 Å². The molecule has 2 aromatic rings. The Balaban J connectivity index is 2.62. The van der Waals surface area contributed by atoms with Crippen molar-refractivity contribution < 1.29 is 8.42 Å². The summed E-state index contributed by atoms with van der Waals surface area (Å²) >= 11 is 3.28. The zero-order valence-electron chi connectivity index (χ0n) is 8.01. The summed E-state index contributed by atoms with van der Waals surface area (Å²) in [5.74, 6) is -0.0356. The van der Waals surface area contributed by atoms with E-state index in [1.165, 1.54) is 6.26 Å². The van der Waals surface area contributed by atoms with Crippen molar-refractivity contribution in [3.05, 3.63) is 34.8 Å². The Morgan fingerprint density at radius 1 is 1.47 bits per heavy atom. The highest BCUT2D eigenvalue weighted by Crippen LogP contribution is 2.18. The van der Waals surface area contributed by atoms with Crippen LogP contribution in [-0.4, -0.2) is 24.1 Å². The first kappa shape index (κ1) is 10.6. The smallest absolute Gasteiger partial charge is 0.182 e. The summed E-state index contributed by atoms with van der Waals surface area (Å²) in [6, 6.07) is 5.57. The molecule has 0 N–H and O–H groups in total. The van der Waals surface area contributed by atoms with Crippen molar-refractivity contribution in [2.45, 2.75) is 5.75 Å². The number of hydrogen-bond donors (Lipinski definition) is 0. The molecule has 0 aliphatic carbocycles. The van der Waals surface area contributed by atoms with Gasteiger partial charge in [0.15, 0.2) is 14.6 Å². The topological polar surface area (TPSA) is 51.4 Å². The Morgan fingerprint density at radius 3 is 2.87 bits per heavy atom. The van der Waals surface area contributed by atoms with Crippen molar-refractivity contribution in [1.29, 1.82) is 0 Å². The molecular weight excluding hydrogens is 280 g/mol. The lowest BCUT2D eigenvalue weighted by molar-refractivity contribution is 0.600. The lowest BCUT2D eigenvalue weighted by Gasteiger charge is -1.96. The summed E-state index contributed by atoms with van der Waals surface area (Å²) in [7, 11) is -3.05. The van der Waals surface area contributed by atoms with Crippen LogP contribution in [0.25, 0.3) is 5.52 Å². The summed E-state index contributed by atoms with van der Waals surface area (Å²) in [5.41, 5.74) is 1.39. The van der Waals surface area contributed by atoms with Gasteiger partial charge in [-0.25, -0.2) is 13.4 Å². The Bertz CT molecular complexity index is 604. The fourth-order valence-corrected chi connectivity index (χ4v) is 2.65. The molecule has 6 heteroatoms. The molecule has 80 valence electrons. The van der Waals surface area contributed by atoms with Crippen LogP contribution in [0.15, 0.2) is 29.1 Å². The molecule has 0 saturated carbocycles. The minimum atomic E-state index is -3.05. The summed E-state index contributed by atoms with van der Waals surface area (Å²) < 4.78 is 24.8. The number of nitrogens with zero attached hydrogens (tertiary/aromatic N) is 2. The maximum absolute atomic E-state index is 11.2. The number of rotatable bonds is 2. The molecule has 0 bridgehead atoms. The minimum Gasteiger partial charge on any atom is -0.294 e. The third-order valence-electron chi connectivity index (χ3n) is 1.98. The average Bonchev–Trinajstić information content (AvgIpc) is 2.42. The van der Waals surface area contributed by atoms with E-state index in [0.717, 1.165) is 5.52 Å². The van der Waals surface area contributed by atoms with Crippen LogP contribution in [0.3, 0.4) is 0 Å². The summed E-state index contributed by atoms with van der Waals surface area (Å²) in [6.45, 7) is 0. The number of sulfone groups is 1. The van der Waals surface area contributed by atoms with Crippen molar-refractivity contribution in [3.63, 3.8) is 0 Å². The fourth-order valence-electron chi connectivity index (χ4n) is 1.42. The van der Waals surface area contributed by atoms with E-state index in [4.69, 9.17) is 0 Å². The largest absolute Gasteiger partial charge is 0.294 e. The molecule has 0 saturated heterocycles. The first-order chi connectivity index (χ1) is 6.97. The summed E-state index contributed by atoms with van der Waals surface area (Å²) in [5, 5.41) is 0. The van der Waals surface area contributed by atoms with Gasteiger partial charge in [0.1, 0.15) is 0 Å². The highest BCUT2D eigenvalue weighted by Gasteiger charge is 2.13. The van der Waals surface area contributed by atoms with Gasteiger partial charge in [-0.3, -0.25) is 4.40 Å². The highest BCUT2D eigenvalue weighted by molar-refractivity contribution is 9.10. The van der Waals surface area contributed by atoms with Crippen LogP contribution in [0.2, 0.25) is 0 Å². The molecule has 4 nitrogen and oxygen atoms in total. The normalized spacial score (nSPS) is 12.1. The summed E-state index contributed by atoms with van der Waals surface area (Å²) in [6.07, 6.45) is 3.03. The lowest BCUT2D eigenvalue weighted by atomic mass is 10.3. The number of halogens is 1. The second-order valence-electron chi connectivity index (χ2n) is 3.35. The molecule has 0 amide bonds. The first-order valence-corrected chi connectivity index (χ1v) is 7.12. The maximum atomic E-state index is 11.2. The van der Waals surface area contributed by atoms with E-state index in [0.29, 0.717) is 10.4 Å². The number of imidazole rings is 1. The molecule has 0 atom stereocenters. The quantitative estimate of drug-likeness (QED) is 0.844. The first-order valence-electron chi connectivity index (χ1n) is 4.26. The SMILES string of the molecule is CS(=O)(=O)Cc1nc(Br)n2ccccc12. The van der Waals surface area contributed by atoms with Crippen LogP contribution in [0.4, 0.5) is 0 Å². The van der Waals surface area contributed by atoms with Gasteiger partial charge in [-0.15, -0.1) is 0 Å². The van der Waals surface area contributed by atoms with Gasteiger partial charge in [0.25, 0.3) is 0 Å². The van der Waals surface area contributed by atoms with Gasteiger partial charge in [0, 0.05) is 12.5 Å². The van der Waals surface area contributed by atoms with Crippen molar-refractivity contribution in [2.24, 2.45) is 0 Å². The van der Waals surface area contributed by atoms with Gasteiger partial charge in [-0.2, -0.15) is 0 Å². The van der Waals surface area contributed by atoms with E-state index < -0.39 is 9.84 Å². The molecule has 0 spiro atoms. The molecule has 0 radical (unpaired) electrons. The molecule has 15 heavy (non-hydrogen) atoms.